The van der Waals surface area contributed by atoms with Gasteiger partial charge in [0.1, 0.15) is 5.82 Å². The predicted octanol–water partition coefficient (Wildman–Crippen LogP) is 1.52. The molecule has 0 saturated carbocycles. The van der Waals surface area contributed by atoms with Gasteiger partial charge in [-0.05, 0) is 12.1 Å². The molecule has 1 amide bonds. The van der Waals surface area contributed by atoms with E-state index in [0.717, 1.165) is 64.7 Å². The molecule has 9 heteroatoms. The molecule has 0 unspecified atom stereocenters. The molecule has 6 nitrogen and oxygen atoms in total. The minimum Gasteiger partial charge on any atom is -0.354 e. The summed E-state index contributed by atoms with van der Waals surface area (Å²) < 4.78 is 0. The second-order valence-electron chi connectivity index (χ2n) is 6.04. The van der Waals surface area contributed by atoms with Crippen LogP contribution < -0.4 is 10.2 Å². The van der Waals surface area contributed by atoms with Crippen LogP contribution in [0.2, 0.25) is 5.02 Å². The molecule has 0 atom stereocenters. The summed E-state index contributed by atoms with van der Waals surface area (Å²) in [6.45, 7) is 8.19. The molecule has 1 aromatic rings. The van der Waals surface area contributed by atoms with Crippen LogP contribution in [0.4, 0.5) is 5.82 Å². The standard InChI is InChI=1S/C16H24ClN5O.2ClH/c17-14-1-2-15(19-13-14)21-11-9-20(10-12-21)6-3-16(23)22-7-4-18-5-8-22;;/h1-2,13,18H,3-12H2;2*1H. The zero-order valence-corrected chi connectivity index (χ0v) is 16.6. The van der Waals surface area contributed by atoms with E-state index < -0.39 is 0 Å². The van der Waals surface area contributed by atoms with Crippen LogP contribution in [0, 0.1) is 0 Å². The lowest BCUT2D eigenvalue weighted by Gasteiger charge is -2.35. The third-order valence-corrected chi connectivity index (χ3v) is 4.74. The van der Waals surface area contributed by atoms with E-state index in [0.29, 0.717) is 11.4 Å². The summed E-state index contributed by atoms with van der Waals surface area (Å²) in [7, 11) is 0. The number of pyridine rings is 1. The van der Waals surface area contributed by atoms with Gasteiger partial charge in [-0.3, -0.25) is 9.69 Å². The van der Waals surface area contributed by atoms with Gasteiger partial charge in [0.2, 0.25) is 5.91 Å². The molecule has 1 aromatic heterocycles. The number of hydrogen-bond acceptors (Lipinski definition) is 5. The van der Waals surface area contributed by atoms with Crippen LogP contribution in [0.3, 0.4) is 0 Å². The fourth-order valence-electron chi connectivity index (χ4n) is 3.08. The lowest BCUT2D eigenvalue weighted by molar-refractivity contribution is -0.132. The number of aromatic nitrogens is 1. The first-order valence-electron chi connectivity index (χ1n) is 8.30. The third kappa shape index (κ3) is 6.46. The molecule has 3 rings (SSSR count). The van der Waals surface area contributed by atoms with Crippen LogP contribution in [0.5, 0.6) is 0 Å². The average Bonchev–Trinajstić information content (AvgIpc) is 2.61. The lowest BCUT2D eigenvalue weighted by atomic mass is 10.2. The number of piperazine rings is 2. The zero-order chi connectivity index (χ0) is 16.1. The summed E-state index contributed by atoms with van der Waals surface area (Å²) in [5, 5.41) is 3.94. The predicted molar refractivity (Wildman–Crippen MR) is 106 cm³/mol. The maximum Gasteiger partial charge on any atom is 0.223 e. The van der Waals surface area contributed by atoms with Gasteiger partial charge in [-0.2, -0.15) is 0 Å². The van der Waals surface area contributed by atoms with Crippen LogP contribution in [-0.2, 0) is 4.79 Å². The van der Waals surface area contributed by atoms with Crippen LogP contribution in [0.25, 0.3) is 0 Å². The molecule has 0 aliphatic carbocycles. The molecule has 0 radical (unpaired) electrons. The molecule has 25 heavy (non-hydrogen) atoms. The highest BCUT2D eigenvalue weighted by atomic mass is 35.5. The van der Waals surface area contributed by atoms with Crippen molar-refractivity contribution in [2.45, 2.75) is 6.42 Å². The minimum atomic E-state index is 0. The molecular formula is C16H26Cl3N5O. The highest BCUT2D eigenvalue weighted by molar-refractivity contribution is 6.30. The Morgan fingerprint density at radius 1 is 1.08 bits per heavy atom. The summed E-state index contributed by atoms with van der Waals surface area (Å²) in [5.74, 6) is 1.26. The van der Waals surface area contributed by atoms with Crippen molar-refractivity contribution in [3.63, 3.8) is 0 Å². The Morgan fingerprint density at radius 2 is 1.76 bits per heavy atom. The number of rotatable bonds is 4. The largest absolute Gasteiger partial charge is 0.354 e. The van der Waals surface area contributed by atoms with Gasteiger partial charge in [0, 0.05) is 71.5 Å². The first-order valence-corrected chi connectivity index (χ1v) is 8.67. The van der Waals surface area contributed by atoms with Gasteiger partial charge < -0.3 is 15.1 Å². The lowest BCUT2D eigenvalue weighted by Crippen LogP contribution is -2.49. The molecule has 2 fully saturated rings. The first kappa shape index (κ1) is 22.3. The van der Waals surface area contributed by atoms with E-state index in [1.54, 1.807) is 6.20 Å². The van der Waals surface area contributed by atoms with E-state index >= 15 is 0 Å². The van der Waals surface area contributed by atoms with Gasteiger partial charge in [-0.25, -0.2) is 4.98 Å². The molecule has 0 aromatic carbocycles. The highest BCUT2D eigenvalue weighted by Gasteiger charge is 2.20. The van der Waals surface area contributed by atoms with Gasteiger partial charge in [-0.1, -0.05) is 11.6 Å². The fourth-order valence-corrected chi connectivity index (χ4v) is 3.19. The Balaban J connectivity index is 0.00000156. The quantitative estimate of drug-likeness (QED) is 0.816. The number of halogens is 3. The molecule has 3 heterocycles. The molecule has 2 aliphatic heterocycles. The maximum atomic E-state index is 12.2. The number of carbonyl (C=O) groups is 1. The van der Waals surface area contributed by atoms with Crippen molar-refractivity contribution >= 4 is 48.1 Å². The first-order chi connectivity index (χ1) is 11.2. The summed E-state index contributed by atoms with van der Waals surface area (Å²) in [6, 6.07) is 3.84. The Bertz CT molecular complexity index is 517. The SMILES string of the molecule is Cl.Cl.O=C(CCN1CCN(c2ccc(Cl)cn2)CC1)N1CCNCC1. The summed E-state index contributed by atoms with van der Waals surface area (Å²) >= 11 is 5.88. The Morgan fingerprint density at radius 3 is 2.36 bits per heavy atom. The van der Waals surface area contributed by atoms with Crippen LogP contribution in [0.15, 0.2) is 18.3 Å². The second-order valence-corrected chi connectivity index (χ2v) is 6.48. The van der Waals surface area contributed by atoms with Crippen molar-refractivity contribution in [3.8, 4) is 0 Å². The van der Waals surface area contributed by atoms with Crippen molar-refractivity contribution in [2.24, 2.45) is 0 Å². The number of nitrogens with zero attached hydrogens (tertiary/aromatic N) is 4. The van der Waals surface area contributed by atoms with Gasteiger partial charge in [-0.15, -0.1) is 24.8 Å². The molecule has 0 spiro atoms. The molecule has 0 bridgehead atoms. The minimum absolute atomic E-state index is 0. The monoisotopic (exact) mass is 409 g/mol. The fraction of sp³-hybridized carbons (Fsp3) is 0.625. The van der Waals surface area contributed by atoms with Crippen molar-refractivity contribution in [1.29, 1.82) is 0 Å². The summed E-state index contributed by atoms with van der Waals surface area (Å²) in [4.78, 5) is 23.2. The maximum absolute atomic E-state index is 12.2. The molecular weight excluding hydrogens is 385 g/mol. The highest BCUT2D eigenvalue weighted by Crippen LogP contribution is 2.16. The smallest absolute Gasteiger partial charge is 0.223 e. The van der Waals surface area contributed by atoms with Crippen molar-refractivity contribution < 1.29 is 4.79 Å². The second kappa shape index (κ2) is 11.0. The van der Waals surface area contributed by atoms with Crippen LogP contribution >= 0.6 is 36.4 Å². The molecule has 2 saturated heterocycles. The zero-order valence-electron chi connectivity index (χ0n) is 14.2. The van der Waals surface area contributed by atoms with E-state index in [4.69, 9.17) is 11.6 Å². The number of carbonyl (C=O) groups excluding carboxylic acids is 1. The topological polar surface area (TPSA) is 51.7 Å². The van der Waals surface area contributed by atoms with Gasteiger partial charge in [0.15, 0.2) is 0 Å². The Hall–Kier alpha value is -0.790. The van der Waals surface area contributed by atoms with Gasteiger partial charge in [0.05, 0.1) is 5.02 Å². The number of anilines is 1. The van der Waals surface area contributed by atoms with Gasteiger partial charge >= 0.3 is 0 Å². The van der Waals surface area contributed by atoms with E-state index in [1.165, 1.54) is 0 Å². The van der Waals surface area contributed by atoms with Crippen LogP contribution in [-0.4, -0.2) is 79.6 Å². The van der Waals surface area contributed by atoms with E-state index in [1.807, 2.05) is 17.0 Å². The summed E-state index contributed by atoms with van der Waals surface area (Å²) in [6.07, 6.45) is 2.31. The molecule has 142 valence electrons. The van der Waals surface area contributed by atoms with Gasteiger partial charge in [0.25, 0.3) is 0 Å². The number of hydrogen-bond donors (Lipinski definition) is 1. The van der Waals surface area contributed by atoms with E-state index in [9.17, 15) is 4.79 Å². The van der Waals surface area contributed by atoms with Crippen molar-refractivity contribution in [3.05, 3.63) is 23.4 Å². The van der Waals surface area contributed by atoms with E-state index in [-0.39, 0.29) is 30.7 Å². The molecule has 2 aliphatic rings. The van der Waals surface area contributed by atoms with Crippen molar-refractivity contribution in [2.75, 3.05) is 63.8 Å². The van der Waals surface area contributed by atoms with E-state index in [2.05, 4.69) is 20.1 Å². The Labute approximate surface area is 166 Å². The number of amides is 1. The normalized spacial score (nSPS) is 18.3. The molecule has 1 N–H and O–H groups in total. The Kier molecular flexibility index (Phi) is 9.82. The third-order valence-electron chi connectivity index (χ3n) is 4.52. The number of nitrogens with one attached hydrogen (secondary N) is 1. The van der Waals surface area contributed by atoms with Crippen molar-refractivity contribution in [1.82, 2.24) is 20.1 Å². The van der Waals surface area contributed by atoms with Crippen LogP contribution in [0.1, 0.15) is 6.42 Å². The summed E-state index contributed by atoms with van der Waals surface area (Å²) in [5.41, 5.74) is 0. The average molecular weight is 411 g/mol.